The van der Waals surface area contributed by atoms with Gasteiger partial charge in [-0.1, -0.05) is 0 Å². The van der Waals surface area contributed by atoms with E-state index in [0.29, 0.717) is 5.25 Å². The number of nitrogens with one attached hydrogen (secondary N) is 1. The molecule has 0 atom stereocenters. The predicted molar refractivity (Wildman–Crippen MR) is 81.4 cm³/mol. The molecule has 0 unspecified atom stereocenters. The first-order valence-corrected chi connectivity index (χ1v) is 7.41. The minimum Gasteiger partial charge on any atom is -0.445 e. The third kappa shape index (κ3) is 4.93. The number of nitro groups is 1. The zero-order valence-corrected chi connectivity index (χ0v) is 12.4. The van der Waals surface area contributed by atoms with Crippen molar-refractivity contribution in [2.45, 2.75) is 43.6 Å². The molecule has 2 rings (SSSR count). The quantitative estimate of drug-likeness (QED) is 0.509. The van der Waals surface area contributed by atoms with Crippen molar-refractivity contribution < 1.29 is 14.5 Å². The number of benzene rings is 1. The van der Waals surface area contributed by atoms with Crippen LogP contribution in [-0.2, 0) is 11.3 Å². The van der Waals surface area contributed by atoms with E-state index in [1.54, 1.807) is 12.1 Å². The van der Waals surface area contributed by atoms with Gasteiger partial charge < -0.3 is 10.1 Å². The Morgan fingerprint density at radius 3 is 2.48 bits per heavy atom. The van der Waals surface area contributed by atoms with Gasteiger partial charge in [0.25, 0.3) is 5.69 Å². The van der Waals surface area contributed by atoms with Crippen molar-refractivity contribution in [3.8, 4) is 0 Å². The molecule has 7 heteroatoms. The summed E-state index contributed by atoms with van der Waals surface area (Å²) in [7, 11) is 0. The van der Waals surface area contributed by atoms with Gasteiger partial charge in [0.2, 0.25) is 0 Å². The number of carbonyl (C=O) groups is 1. The second-order valence-corrected chi connectivity index (χ2v) is 5.88. The second-order valence-electron chi connectivity index (χ2n) is 5.15. The summed E-state index contributed by atoms with van der Waals surface area (Å²) in [5.74, 6) is 0. The van der Waals surface area contributed by atoms with Crippen LogP contribution in [0.3, 0.4) is 0 Å². The molecule has 114 valence electrons. The fourth-order valence-corrected chi connectivity index (χ4v) is 2.59. The summed E-state index contributed by atoms with van der Waals surface area (Å²) in [4.78, 5) is 21.7. The van der Waals surface area contributed by atoms with Gasteiger partial charge in [0.1, 0.15) is 6.61 Å². The Balaban J connectivity index is 1.74. The molecule has 0 spiro atoms. The summed E-state index contributed by atoms with van der Waals surface area (Å²) in [5, 5.41) is 13.8. The first kappa shape index (κ1) is 15.6. The maximum absolute atomic E-state index is 11.7. The summed E-state index contributed by atoms with van der Waals surface area (Å²) in [6.45, 7) is 0.103. The van der Waals surface area contributed by atoms with Gasteiger partial charge in [-0.25, -0.2) is 4.79 Å². The monoisotopic (exact) mass is 310 g/mol. The van der Waals surface area contributed by atoms with Crippen LogP contribution in [0.25, 0.3) is 0 Å². The van der Waals surface area contributed by atoms with Gasteiger partial charge in [-0.3, -0.25) is 10.1 Å². The lowest BCUT2D eigenvalue weighted by molar-refractivity contribution is -0.384. The van der Waals surface area contributed by atoms with Gasteiger partial charge >= 0.3 is 6.09 Å². The molecule has 0 heterocycles. The lowest BCUT2D eigenvalue weighted by Crippen LogP contribution is -2.38. The highest BCUT2D eigenvalue weighted by atomic mass is 32.1. The minimum atomic E-state index is -0.463. The number of hydrogen-bond acceptors (Lipinski definition) is 5. The zero-order chi connectivity index (χ0) is 15.2. The maximum atomic E-state index is 11.7. The number of thiol groups is 1. The van der Waals surface area contributed by atoms with Crippen molar-refractivity contribution in [2.24, 2.45) is 0 Å². The van der Waals surface area contributed by atoms with Crippen molar-refractivity contribution >= 4 is 24.4 Å². The Hall–Kier alpha value is -1.76. The molecule has 1 N–H and O–H groups in total. The summed E-state index contributed by atoms with van der Waals surface area (Å²) in [6.07, 6.45) is 3.38. The van der Waals surface area contributed by atoms with Crippen molar-refractivity contribution in [3.63, 3.8) is 0 Å². The number of alkyl carbamates (subject to hydrolysis) is 1. The van der Waals surface area contributed by atoms with Crippen LogP contribution >= 0.6 is 12.6 Å². The van der Waals surface area contributed by atoms with Crippen LogP contribution in [0.1, 0.15) is 31.2 Å². The highest BCUT2D eigenvalue weighted by molar-refractivity contribution is 7.80. The summed E-state index contributed by atoms with van der Waals surface area (Å²) >= 11 is 4.41. The molecule has 6 nitrogen and oxygen atoms in total. The van der Waals surface area contributed by atoms with E-state index in [4.69, 9.17) is 4.74 Å². The van der Waals surface area contributed by atoms with E-state index in [0.717, 1.165) is 31.2 Å². The topological polar surface area (TPSA) is 81.5 Å². The number of carbonyl (C=O) groups excluding carboxylic acids is 1. The number of amides is 1. The third-order valence-electron chi connectivity index (χ3n) is 3.54. The lowest BCUT2D eigenvalue weighted by atomic mass is 9.95. The molecule has 0 bridgehead atoms. The summed E-state index contributed by atoms with van der Waals surface area (Å²) in [6, 6.07) is 6.10. The molecule has 1 fully saturated rings. The molecular formula is C14H18N2O4S. The molecule has 1 aliphatic rings. The Bertz CT molecular complexity index is 498. The van der Waals surface area contributed by atoms with Gasteiger partial charge in [0, 0.05) is 23.4 Å². The molecule has 1 amide bonds. The lowest BCUT2D eigenvalue weighted by Gasteiger charge is -2.26. The first-order valence-electron chi connectivity index (χ1n) is 6.89. The predicted octanol–water partition coefficient (Wildman–Crippen LogP) is 3.06. The van der Waals surface area contributed by atoms with Crippen LogP contribution in [0.5, 0.6) is 0 Å². The van der Waals surface area contributed by atoms with E-state index in [9.17, 15) is 14.9 Å². The molecule has 1 aliphatic carbocycles. The fraction of sp³-hybridized carbons (Fsp3) is 0.500. The molecule has 0 saturated heterocycles. The van der Waals surface area contributed by atoms with Crippen LogP contribution < -0.4 is 5.32 Å². The highest BCUT2D eigenvalue weighted by Crippen LogP contribution is 2.22. The van der Waals surface area contributed by atoms with Crippen LogP contribution in [0.4, 0.5) is 10.5 Å². The van der Waals surface area contributed by atoms with Crippen molar-refractivity contribution in [1.82, 2.24) is 5.32 Å². The van der Waals surface area contributed by atoms with E-state index in [-0.39, 0.29) is 18.3 Å². The molecule has 1 aromatic rings. The zero-order valence-electron chi connectivity index (χ0n) is 11.5. The Morgan fingerprint density at radius 2 is 1.90 bits per heavy atom. The van der Waals surface area contributed by atoms with Crippen molar-refractivity contribution in [3.05, 3.63) is 39.9 Å². The summed E-state index contributed by atoms with van der Waals surface area (Å²) in [5.41, 5.74) is 0.738. The Labute approximate surface area is 128 Å². The van der Waals surface area contributed by atoms with Crippen LogP contribution in [0.2, 0.25) is 0 Å². The van der Waals surface area contributed by atoms with Crippen LogP contribution in [-0.4, -0.2) is 22.3 Å². The Morgan fingerprint density at radius 1 is 1.29 bits per heavy atom. The highest BCUT2D eigenvalue weighted by Gasteiger charge is 2.20. The minimum absolute atomic E-state index is 0.0201. The van der Waals surface area contributed by atoms with Gasteiger partial charge in [0.05, 0.1) is 4.92 Å². The largest absolute Gasteiger partial charge is 0.445 e. The van der Waals surface area contributed by atoms with Crippen LogP contribution in [0.15, 0.2) is 24.3 Å². The number of rotatable bonds is 4. The number of nitro benzene ring substituents is 1. The molecule has 0 radical (unpaired) electrons. The van der Waals surface area contributed by atoms with Crippen molar-refractivity contribution in [1.29, 1.82) is 0 Å². The molecule has 1 aromatic carbocycles. The standard InChI is InChI=1S/C14H18N2O4S/c17-14(15-11-3-7-13(21)8-4-11)20-9-10-1-5-12(6-2-10)16(18)19/h1-2,5-6,11,13,21H,3-4,7-9H2,(H,15,17). The number of hydrogen-bond donors (Lipinski definition) is 2. The normalized spacial score (nSPS) is 21.6. The molecule has 0 aromatic heterocycles. The van der Waals surface area contributed by atoms with E-state index in [1.807, 2.05) is 0 Å². The summed E-state index contributed by atoms with van der Waals surface area (Å²) < 4.78 is 5.12. The maximum Gasteiger partial charge on any atom is 0.407 e. The second kappa shape index (κ2) is 7.31. The smallest absolute Gasteiger partial charge is 0.407 e. The number of ether oxygens (including phenoxy) is 1. The van der Waals surface area contributed by atoms with E-state index in [1.165, 1.54) is 12.1 Å². The number of nitrogens with zero attached hydrogens (tertiary/aromatic N) is 1. The average molecular weight is 310 g/mol. The van der Waals surface area contributed by atoms with Gasteiger partial charge in [-0.05, 0) is 43.4 Å². The number of non-ortho nitro benzene ring substituents is 1. The average Bonchev–Trinajstić information content (AvgIpc) is 2.48. The molecule has 0 aliphatic heterocycles. The Kier molecular flexibility index (Phi) is 5.44. The van der Waals surface area contributed by atoms with Gasteiger partial charge in [0.15, 0.2) is 0 Å². The van der Waals surface area contributed by atoms with E-state index < -0.39 is 11.0 Å². The van der Waals surface area contributed by atoms with Crippen molar-refractivity contribution in [2.75, 3.05) is 0 Å². The molecule has 1 saturated carbocycles. The van der Waals surface area contributed by atoms with Gasteiger partial charge in [-0.15, -0.1) is 0 Å². The molecule has 21 heavy (non-hydrogen) atoms. The first-order chi connectivity index (χ1) is 10.0. The van der Waals surface area contributed by atoms with E-state index >= 15 is 0 Å². The fourth-order valence-electron chi connectivity index (χ4n) is 2.29. The SMILES string of the molecule is O=C(NC1CCC(S)CC1)OCc1ccc([N+](=O)[O-])cc1. The third-order valence-corrected chi connectivity index (χ3v) is 4.05. The van der Waals surface area contributed by atoms with E-state index in [2.05, 4.69) is 17.9 Å². The van der Waals surface area contributed by atoms with Gasteiger partial charge in [-0.2, -0.15) is 12.6 Å². The molecular weight excluding hydrogens is 292 g/mol. The van der Waals surface area contributed by atoms with Crippen LogP contribution in [0, 0.1) is 10.1 Å².